The van der Waals surface area contributed by atoms with Crippen molar-refractivity contribution in [2.45, 2.75) is 69.1 Å². The molecule has 63 heavy (non-hydrogen) atoms. The minimum atomic E-state index is -1.19. The molecule has 8 aromatic rings. The second kappa shape index (κ2) is 13.0. The predicted molar refractivity (Wildman–Crippen MR) is 274 cm³/mol. The Morgan fingerprint density at radius 2 is 1.08 bits per heavy atom. The molecule has 306 valence electrons. The van der Waals surface area contributed by atoms with Crippen molar-refractivity contribution in [3.05, 3.63) is 196 Å². The molecule has 13 rings (SSSR count). The first-order chi connectivity index (χ1) is 30.5. The molecule has 1 heterocycles. The summed E-state index contributed by atoms with van der Waals surface area (Å²) in [5, 5.41) is 7.92. The van der Waals surface area contributed by atoms with Crippen molar-refractivity contribution in [2.24, 2.45) is 0 Å². The van der Waals surface area contributed by atoms with Gasteiger partial charge in [0.15, 0.2) is 0 Å². The Hall–Kier alpha value is -6.15. The van der Waals surface area contributed by atoms with E-state index in [2.05, 4.69) is 198 Å². The van der Waals surface area contributed by atoms with Crippen molar-refractivity contribution >= 4 is 53.5 Å². The lowest BCUT2D eigenvalue weighted by Crippen LogP contribution is -2.16. The number of hydrogen-bond acceptors (Lipinski definition) is 0. The third-order valence-corrected chi connectivity index (χ3v) is 19.0. The van der Waals surface area contributed by atoms with Gasteiger partial charge in [0.05, 0.1) is 0 Å². The van der Waals surface area contributed by atoms with Crippen LogP contribution < -0.4 is 0 Å². The highest BCUT2D eigenvalue weighted by Gasteiger charge is 2.39. The van der Waals surface area contributed by atoms with Crippen LogP contribution >= 0.6 is 10.0 Å². The molecule has 0 nitrogen and oxygen atoms in total. The average Bonchev–Trinajstić information content (AvgIpc) is 3.78. The fraction of sp³-hybridized carbons (Fsp3) is 0.194. The van der Waals surface area contributed by atoms with E-state index in [1.807, 2.05) is 0 Å². The molecule has 0 N–H and O–H groups in total. The maximum absolute atomic E-state index is 2.67. The van der Waals surface area contributed by atoms with Gasteiger partial charge in [-0.25, -0.2) is 0 Å². The van der Waals surface area contributed by atoms with Gasteiger partial charge in [0.1, 0.15) is 0 Å². The summed E-state index contributed by atoms with van der Waals surface area (Å²) in [7, 11) is -1.19. The lowest BCUT2D eigenvalue weighted by atomic mass is 9.78. The van der Waals surface area contributed by atoms with Crippen LogP contribution in [0.5, 0.6) is 0 Å². The molecule has 1 aliphatic heterocycles. The summed E-state index contributed by atoms with van der Waals surface area (Å²) >= 11 is 0. The zero-order valence-corrected chi connectivity index (χ0v) is 38.1. The van der Waals surface area contributed by atoms with E-state index in [4.69, 9.17) is 0 Å². The van der Waals surface area contributed by atoms with Gasteiger partial charge in [0.25, 0.3) is 0 Å². The molecule has 0 atom stereocenters. The number of rotatable bonds is 3. The Morgan fingerprint density at radius 3 is 1.94 bits per heavy atom. The molecule has 0 radical (unpaired) electrons. The molecular formula is C62H52S. The van der Waals surface area contributed by atoms with Crippen molar-refractivity contribution < 1.29 is 0 Å². The number of allylic oxidation sites excluding steroid dienone is 8. The van der Waals surface area contributed by atoms with Crippen LogP contribution in [0.25, 0.3) is 88.0 Å². The summed E-state index contributed by atoms with van der Waals surface area (Å²) in [5.41, 5.74) is 22.1. The van der Waals surface area contributed by atoms with Crippen LogP contribution in [-0.2, 0) is 10.8 Å². The Kier molecular flexibility index (Phi) is 7.70. The first-order valence-corrected chi connectivity index (χ1v) is 25.5. The highest BCUT2D eigenvalue weighted by Crippen LogP contribution is 2.68. The molecule has 0 unspecified atom stereocenters. The zero-order chi connectivity index (χ0) is 42.6. The molecule has 0 bridgehead atoms. The molecule has 4 aliphatic carbocycles. The summed E-state index contributed by atoms with van der Waals surface area (Å²) < 4.78 is 0. The van der Waals surface area contributed by atoms with Crippen LogP contribution in [0, 0.1) is 0 Å². The van der Waals surface area contributed by atoms with Crippen LogP contribution in [0.3, 0.4) is 0 Å². The maximum atomic E-state index is 2.67. The Morgan fingerprint density at radius 1 is 0.444 bits per heavy atom. The number of hydrogen-bond donors (Lipinski definition) is 0. The van der Waals surface area contributed by atoms with E-state index < -0.39 is 10.0 Å². The Bertz CT molecular complexity index is 3510. The van der Waals surface area contributed by atoms with Gasteiger partial charge in [-0.2, -0.15) is 10.0 Å². The fourth-order valence-electron chi connectivity index (χ4n) is 12.7. The average molecular weight is 829 g/mol. The Labute approximate surface area is 373 Å². The van der Waals surface area contributed by atoms with E-state index in [-0.39, 0.29) is 10.8 Å². The lowest BCUT2D eigenvalue weighted by molar-refractivity contribution is 0.651. The van der Waals surface area contributed by atoms with E-state index in [1.165, 1.54) is 121 Å². The molecule has 5 aliphatic rings. The van der Waals surface area contributed by atoms with Crippen molar-refractivity contribution in [3.63, 3.8) is 0 Å². The summed E-state index contributed by atoms with van der Waals surface area (Å²) in [5.74, 6) is 0. The quantitative estimate of drug-likeness (QED) is 0.156. The van der Waals surface area contributed by atoms with E-state index >= 15 is 0 Å². The van der Waals surface area contributed by atoms with Crippen molar-refractivity contribution in [3.8, 4) is 44.5 Å². The maximum Gasteiger partial charge on any atom is 0.0159 e. The van der Waals surface area contributed by atoms with Crippen LogP contribution in [-0.4, -0.2) is 12.5 Å². The summed E-state index contributed by atoms with van der Waals surface area (Å²) in [6.45, 7) is 9.72. The highest BCUT2D eigenvalue weighted by molar-refractivity contribution is 8.36. The zero-order valence-electron chi connectivity index (χ0n) is 37.2. The smallest absolute Gasteiger partial charge is 0.0159 e. The molecular weight excluding hydrogens is 777 g/mol. The molecule has 0 spiro atoms. The third-order valence-electron chi connectivity index (χ3n) is 15.9. The second-order valence-corrected chi connectivity index (χ2v) is 23.8. The Balaban J connectivity index is 1.17. The number of fused-ring (bicyclic) bond motifs is 10. The van der Waals surface area contributed by atoms with Crippen molar-refractivity contribution in [1.29, 1.82) is 0 Å². The van der Waals surface area contributed by atoms with Gasteiger partial charge >= 0.3 is 0 Å². The van der Waals surface area contributed by atoms with Gasteiger partial charge < -0.3 is 0 Å². The van der Waals surface area contributed by atoms with Gasteiger partial charge in [-0.15, -0.1) is 0 Å². The minimum Gasteiger partial charge on any atom is -0.196 e. The van der Waals surface area contributed by atoms with E-state index in [9.17, 15) is 0 Å². The van der Waals surface area contributed by atoms with Crippen LogP contribution in [0.15, 0.2) is 173 Å². The molecule has 0 saturated carbocycles. The minimum absolute atomic E-state index is 0.0608. The van der Waals surface area contributed by atoms with Gasteiger partial charge in [-0.3, -0.25) is 0 Å². The SMILES string of the molecule is CC1(C)C2=C(CCC=C2)c2ccc(-c3c4cc(-c5cccc6ccccc56)ccc4c(-c4ccc5c(c4)C(C)(C)c4ccccc4-5)c4cc5c(cc34)S(C)(C)C3=C5C=CCC3)cc21. The van der Waals surface area contributed by atoms with Crippen molar-refractivity contribution in [1.82, 2.24) is 0 Å². The third kappa shape index (κ3) is 5.06. The van der Waals surface area contributed by atoms with Crippen LogP contribution in [0.2, 0.25) is 0 Å². The fourth-order valence-corrected chi connectivity index (χ4v) is 15.5. The van der Waals surface area contributed by atoms with Gasteiger partial charge in [-0.05, 0) is 195 Å². The normalized spacial score (nSPS) is 18.7. The summed E-state index contributed by atoms with van der Waals surface area (Å²) in [4.78, 5) is 3.21. The van der Waals surface area contributed by atoms with Gasteiger partial charge in [-0.1, -0.05) is 155 Å². The van der Waals surface area contributed by atoms with Crippen LogP contribution in [0.1, 0.15) is 81.2 Å². The van der Waals surface area contributed by atoms with Gasteiger partial charge in [0.2, 0.25) is 0 Å². The predicted octanol–water partition coefficient (Wildman–Crippen LogP) is 17.3. The van der Waals surface area contributed by atoms with E-state index in [0.717, 1.165) is 25.7 Å². The lowest BCUT2D eigenvalue weighted by Gasteiger charge is -2.32. The standard InChI is InChI=1S/C62H52S/c1-61(2)53-23-12-9-19-43(53)45-29-27-39(33-55(45)61)59-48-31-26-38(42-22-15-17-37-16-7-8-18-41(37)42)32-50(48)60(40-28-30-46-44-20-10-13-24-54(44)62(3,4)56(46)34-40)52-36-58-49(35-51(52)59)47-21-11-14-25-57(47)63(58,5)6/h7-9,11-13,15-19,21-24,26-36H,10,14,20,25H2,1-6H3. The molecule has 0 amide bonds. The summed E-state index contributed by atoms with van der Waals surface area (Å²) in [6, 6.07) is 52.3. The van der Waals surface area contributed by atoms with E-state index in [1.54, 1.807) is 10.5 Å². The van der Waals surface area contributed by atoms with Crippen LogP contribution in [0.4, 0.5) is 0 Å². The molecule has 1 heteroatoms. The first kappa shape index (κ1) is 37.4. The topological polar surface area (TPSA) is 0 Å². The second-order valence-electron chi connectivity index (χ2n) is 20.2. The summed E-state index contributed by atoms with van der Waals surface area (Å²) in [6.07, 6.45) is 19.3. The molecule has 0 saturated heterocycles. The largest absolute Gasteiger partial charge is 0.196 e. The van der Waals surface area contributed by atoms with Crippen molar-refractivity contribution in [2.75, 3.05) is 12.5 Å². The van der Waals surface area contributed by atoms with Gasteiger partial charge in [0, 0.05) is 15.7 Å². The number of benzene rings is 8. The highest BCUT2D eigenvalue weighted by atomic mass is 32.3. The monoisotopic (exact) mass is 828 g/mol. The molecule has 0 fully saturated rings. The first-order valence-electron chi connectivity index (χ1n) is 23.0. The molecule has 8 aromatic carbocycles. The molecule has 0 aromatic heterocycles. The van der Waals surface area contributed by atoms with E-state index in [0.29, 0.717) is 0 Å².